The zero-order chi connectivity index (χ0) is 15.5. The highest BCUT2D eigenvalue weighted by atomic mass is 19.3. The van der Waals surface area contributed by atoms with Crippen LogP contribution in [0.3, 0.4) is 0 Å². The molecule has 0 unspecified atom stereocenters. The SMILES string of the molecule is CC(C)CC(F)(F)CC(F)(F)CC(F)(F)CC(C)C. The Hall–Kier alpha value is -0.420. The number of rotatable bonds is 8. The molecule has 0 N–H and O–H groups in total. The Bertz CT molecular complexity index is 244. The number of halogens is 6. The second kappa shape index (κ2) is 6.35. The van der Waals surface area contributed by atoms with Crippen LogP contribution < -0.4 is 0 Å². The molecule has 6 heteroatoms. The molecule has 0 aromatic rings. The van der Waals surface area contributed by atoms with Crippen molar-refractivity contribution in [3.63, 3.8) is 0 Å². The van der Waals surface area contributed by atoms with Crippen LogP contribution in [0.25, 0.3) is 0 Å². The van der Waals surface area contributed by atoms with Crippen LogP contribution in [-0.2, 0) is 0 Å². The molecule has 0 spiro atoms. The van der Waals surface area contributed by atoms with E-state index in [4.69, 9.17) is 0 Å². The summed E-state index contributed by atoms with van der Waals surface area (Å²) in [7, 11) is 0. The molecule has 19 heavy (non-hydrogen) atoms. The Morgan fingerprint density at radius 1 is 0.579 bits per heavy atom. The van der Waals surface area contributed by atoms with Crippen LogP contribution >= 0.6 is 0 Å². The normalized spacial score (nSPS) is 14.5. The molecule has 0 amide bonds. The quantitative estimate of drug-likeness (QED) is 0.498. The van der Waals surface area contributed by atoms with Gasteiger partial charge in [-0.15, -0.1) is 0 Å². The molecule has 0 aliphatic carbocycles. The Kier molecular flexibility index (Phi) is 6.21. The van der Waals surface area contributed by atoms with Crippen LogP contribution in [0.15, 0.2) is 0 Å². The lowest BCUT2D eigenvalue weighted by atomic mass is 9.94. The molecule has 0 aliphatic heterocycles. The largest absolute Gasteiger partial charge is 0.259 e. The summed E-state index contributed by atoms with van der Waals surface area (Å²) in [6.07, 6.45) is -5.07. The number of hydrogen-bond donors (Lipinski definition) is 0. The lowest BCUT2D eigenvalue weighted by molar-refractivity contribution is -0.164. The Morgan fingerprint density at radius 2 is 0.842 bits per heavy atom. The predicted molar refractivity (Wildman–Crippen MR) is 63.0 cm³/mol. The fourth-order valence-corrected chi connectivity index (χ4v) is 2.16. The molecule has 0 nitrogen and oxygen atoms in total. The highest BCUT2D eigenvalue weighted by molar-refractivity contribution is 4.84. The van der Waals surface area contributed by atoms with E-state index in [1.165, 1.54) is 27.7 Å². The van der Waals surface area contributed by atoms with Gasteiger partial charge in [0, 0.05) is 12.8 Å². The first-order chi connectivity index (χ1) is 8.25. The summed E-state index contributed by atoms with van der Waals surface area (Å²) in [5.74, 6) is -12.2. The minimum Gasteiger partial charge on any atom is -0.207 e. The van der Waals surface area contributed by atoms with Crippen LogP contribution in [-0.4, -0.2) is 17.8 Å². The third kappa shape index (κ3) is 9.16. The van der Waals surface area contributed by atoms with Crippen LogP contribution in [0.1, 0.15) is 53.4 Å². The van der Waals surface area contributed by atoms with E-state index in [1.54, 1.807) is 0 Å². The summed E-state index contributed by atoms with van der Waals surface area (Å²) in [6.45, 7) is 5.89. The first-order valence-corrected chi connectivity index (χ1v) is 6.38. The molecule has 0 aromatic carbocycles. The molecule has 0 fully saturated rings. The number of alkyl halides is 6. The van der Waals surface area contributed by atoms with Crippen molar-refractivity contribution >= 4 is 0 Å². The molecule has 116 valence electrons. The van der Waals surface area contributed by atoms with Gasteiger partial charge in [0.15, 0.2) is 0 Å². The molecule has 0 aromatic heterocycles. The minimum absolute atomic E-state index is 0.470. The lowest BCUT2D eigenvalue weighted by Gasteiger charge is -2.28. The van der Waals surface area contributed by atoms with E-state index in [1.807, 2.05) is 0 Å². The second-order valence-corrected chi connectivity index (χ2v) is 6.12. The zero-order valence-corrected chi connectivity index (χ0v) is 11.8. The standard InChI is InChI=1S/C13H22F6/c1-9(2)5-11(14,15)7-13(18,19)8-12(16,17)6-10(3)4/h9-10H,5-8H2,1-4H3. The average Bonchev–Trinajstić information content (AvgIpc) is 1.89. The van der Waals surface area contributed by atoms with E-state index < -0.39 is 55.3 Å². The van der Waals surface area contributed by atoms with Crippen LogP contribution in [0.5, 0.6) is 0 Å². The van der Waals surface area contributed by atoms with Gasteiger partial charge < -0.3 is 0 Å². The van der Waals surface area contributed by atoms with Crippen molar-refractivity contribution in [1.82, 2.24) is 0 Å². The smallest absolute Gasteiger partial charge is 0.207 e. The monoisotopic (exact) mass is 292 g/mol. The third-order valence-corrected chi connectivity index (χ3v) is 2.45. The summed E-state index contributed by atoms with van der Waals surface area (Å²) >= 11 is 0. The van der Waals surface area contributed by atoms with Crippen molar-refractivity contribution in [2.24, 2.45) is 11.8 Å². The molecule has 0 rings (SSSR count). The van der Waals surface area contributed by atoms with Crippen molar-refractivity contribution in [1.29, 1.82) is 0 Å². The van der Waals surface area contributed by atoms with Crippen LogP contribution in [0.4, 0.5) is 26.3 Å². The summed E-state index contributed by atoms with van der Waals surface area (Å²) in [5.41, 5.74) is 0. The van der Waals surface area contributed by atoms with Crippen molar-refractivity contribution in [3.8, 4) is 0 Å². The molecule has 0 heterocycles. The fraction of sp³-hybridized carbons (Fsp3) is 1.00. The summed E-state index contributed by atoms with van der Waals surface area (Å²) in [6, 6.07) is 0. The molecular formula is C13H22F6. The van der Waals surface area contributed by atoms with Crippen molar-refractivity contribution in [2.75, 3.05) is 0 Å². The first-order valence-electron chi connectivity index (χ1n) is 6.38. The number of hydrogen-bond acceptors (Lipinski definition) is 0. The van der Waals surface area contributed by atoms with Gasteiger partial charge in [0.05, 0.1) is 12.8 Å². The van der Waals surface area contributed by atoms with Crippen LogP contribution in [0, 0.1) is 11.8 Å². The lowest BCUT2D eigenvalue weighted by Crippen LogP contribution is -2.36. The van der Waals surface area contributed by atoms with Crippen LogP contribution in [0.2, 0.25) is 0 Å². The maximum atomic E-state index is 13.4. The van der Waals surface area contributed by atoms with Gasteiger partial charge in [-0.25, -0.2) is 26.3 Å². The van der Waals surface area contributed by atoms with Gasteiger partial charge in [-0.05, 0) is 11.8 Å². The highest BCUT2D eigenvalue weighted by Crippen LogP contribution is 2.42. The van der Waals surface area contributed by atoms with E-state index in [0.29, 0.717) is 0 Å². The Balaban J connectivity index is 4.62. The van der Waals surface area contributed by atoms with Gasteiger partial charge >= 0.3 is 0 Å². The topological polar surface area (TPSA) is 0 Å². The predicted octanol–water partition coefficient (Wildman–Crippen LogP) is 5.76. The van der Waals surface area contributed by atoms with E-state index in [0.717, 1.165) is 0 Å². The third-order valence-electron chi connectivity index (χ3n) is 2.45. The molecule has 0 atom stereocenters. The summed E-state index contributed by atoms with van der Waals surface area (Å²) < 4.78 is 79.8. The van der Waals surface area contributed by atoms with Gasteiger partial charge in [-0.1, -0.05) is 27.7 Å². The molecular weight excluding hydrogens is 270 g/mol. The summed E-state index contributed by atoms with van der Waals surface area (Å²) in [4.78, 5) is 0. The van der Waals surface area contributed by atoms with E-state index in [9.17, 15) is 26.3 Å². The molecule has 0 saturated carbocycles. The maximum absolute atomic E-state index is 13.4. The van der Waals surface area contributed by atoms with Gasteiger partial charge in [-0.2, -0.15) is 0 Å². The highest BCUT2D eigenvalue weighted by Gasteiger charge is 2.49. The van der Waals surface area contributed by atoms with E-state index in [-0.39, 0.29) is 0 Å². The molecule has 0 bridgehead atoms. The fourth-order valence-electron chi connectivity index (χ4n) is 2.16. The Labute approximate surface area is 110 Å². The van der Waals surface area contributed by atoms with Crippen molar-refractivity contribution in [2.45, 2.75) is 71.1 Å². The van der Waals surface area contributed by atoms with Crippen molar-refractivity contribution < 1.29 is 26.3 Å². The van der Waals surface area contributed by atoms with E-state index in [2.05, 4.69) is 0 Å². The molecule has 0 radical (unpaired) electrons. The van der Waals surface area contributed by atoms with Gasteiger partial charge in [-0.3, -0.25) is 0 Å². The van der Waals surface area contributed by atoms with Crippen molar-refractivity contribution in [3.05, 3.63) is 0 Å². The van der Waals surface area contributed by atoms with Gasteiger partial charge in [0.1, 0.15) is 0 Å². The average molecular weight is 292 g/mol. The second-order valence-electron chi connectivity index (χ2n) is 6.12. The minimum atomic E-state index is -4.06. The van der Waals surface area contributed by atoms with Gasteiger partial charge in [0.25, 0.3) is 17.8 Å². The zero-order valence-electron chi connectivity index (χ0n) is 11.8. The molecule has 0 saturated heterocycles. The molecule has 0 aliphatic rings. The van der Waals surface area contributed by atoms with Gasteiger partial charge in [0.2, 0.25) is 0 Å². The first kappa shape index (κ1) is 18.6. The maximum Gasteiger partial charge on any atom is 0.259 e. The van der Waals surface area contributed by atoms with E-state index >= 15 is 0 Å². The summed E-state index contributed by atoms with van der Waals surface area (Å²) in [5, 5.41) is 0. The Morgan fingerprint density at radius 3 is 1.05 bits per heavy atom.